The highest BCUT2D eigenvalue weighted by molar-refractivity contribution is 7.89. The van der Waals surface area contributed by atoms with Gasteiger partial charge in [-0.3, -0.25) is 4.79 Å². The SMILES string of the molecule is CN(CC(=O)Nc1ccccc1C(C)(C)C)S(=O)(=O)c1ccccc1. The van der Waals surface area contributed by atoms with Gasteiger partial charge >= 0.3 is 0 Å². The average molecular weight is 360 g/mol. The zero-order chi connectivity index (χ0) is 18.7. The van der Waals surface area contributed by atoms with E-state index in [2.05, 4.69) is 26.1 Å². The molecule has 2 aromatic carbocycles. The normalized spacial score (nSPS) is 12.2. The van der Waals surface area contributed by atoms with Gasteiger partial charge in [0, 0.05) is 12.7 Å². The van der Waals surface area contributed by atoms with Gasteiger partial charge in [0.2, 0.25) is 15.9 Å². The van der Waals surface area contributed by atoms with Crippen molar-refractivity contribution in [2.24, 2.45) is 0 Å². The predicted molar refractivity (Wildman–Crippen MR) is 100 cm³/mol. The number of amides is 1. The second kappa shape index (κ2) is 7.37. The largest absolute Gasteiger partial charge is 0.325 e. The first kappa shape index (κ1) is 19.1. The molecule has 0 aliphatic rings. The fraction of sp³-hybridized carbons (Fsp3) is 0.316. The molecule has 0 aromatic heterocycles. The number of sulfonamides is 1. The van der Waals surface area contributed by atoms with Crippen LogP contribution in [0.2, 0.25) is 0 Å². The van der Waals surface area contributed by atoms with Crippen molar-refractivity contribution in [3.05, 3.63) is 60.2 Å². The Kier molecular flexibility index (Phi) is 5.65. The standard InChI is InChI=1S/C19H24N2O3S/c1-19(2,3)16-12-8-9-13-17(16)20-18(22)14-21(4)25(23,24)15-10-6-5-7-11-15/h5-13H,14H2,1-4H3,(H,20,22). The molecule has 0 aliphatic carbocycles. The number of benzene rings is 2. The average Bonchev–Trinajstić information content (AvgIpc) is 2.55. The number of carbonyl (C=O) groups excluding carboxylic acids is 1. The molecule has 0 atom stereocenters. The van der Waals surface area contributed by atoms with Crippen LogP contribution in [-0.4, -0.2) is 32.2 Å². The number of carbonyl (C=O) groups is 1. The van der Waals surface area contributed by atoms with Gasteiger partial charge in [-0.05, 0) is 29.2 Å². The lowest BCUT2D eigenvalue weighted by Gasteiger charge is -2.23. The highest BCUT2D eigenvalue weighted by Crippen LogP contribution is 2.29. The van der Waals surface area contributed by atoms with Crippen LogP contribution >= 0.6 is 0 Å². The zero-order valence-corrected chi connectivity index (χ0v) is 15.8. The van der Waals surface area contributed by atoms with Crippen molar-refractivity contribution in [1.82, 2.24) is 4.31 Å². The Morgan fingerprint density at radius 1 is 1.00 bits per heavy atom. The summed E-state index contributed by atoms with van der Waals surface area (Å²) in [6, 6.07) is 15.6. The number of rotatable bonds is 5. The fourth-order valence-electron chi connectivity index (χ4n) is 2.50. The topological polar surface area (TPSA) is 66.5 Å². The monoisotopic (exact) mass is 360 g/mol. The summed E-state index contributed by atoms with van der Waals surface area (Å²) in [4.78, 5) is 12.5. The molecule has 0 unspecified atom stereocenters. The number of para-hydroxylation sites is 1. The third kappa shape index (κ3) is 4.67. The summed E-state index contributed by atoms with van der Waals surface area (Å²) in [6.45, 7) is 5.92. The van der Waals surface area contributed by atoms with E-state index in [4.69, 9.17) is 0 Å². The van der Waals surface area contributed by atoms with E-state index in [0.29, 0.717) is 5.69 Å². The Labute approximate surface area is 149 Å². The van der Waals surface area contributed by atoms with Gasteiger partial charge in [-0.25, -0.2) is 8.42 Å². The van der Waals surface area contributed by atoms with E-state index in [1.54, 1.807) is 18.2 Å². The highest BCUT2D eigenvalue weighted by atomic mass is 32.2. The lowest BCUT2D eigenvalue weighted by atomic mass is 9.86. The smallest absolute Gasteiger partial charge is 0.243 e. The summed E-state index contributed by atoms with van der Waals surface area (Å²) in [5, 5.41) is 2.83. The number of nitrogens with zero attached hydrogens (tertiary/aromatic N) is 1. The van der Waals surface area contributed by atoms with Crippen LogP contribution in [0, 0.1) is 0 Å². The Morgan fingerprint density at radius 3 is 2.16 bits per heavy atom. The zero-order valence-electron chi connectivity index (χ0n) is 15.0. The number of nitrogens with one attached hydrogen (secondary N) is 1. The molecule has 1 amide bonds. The Bertz CT molecular complexity index is 840. The molecular weight excluding hydrogens is 336 g/mol. The van der Waals surface area contributed by atoms with E-state index in [1.165, 1.54) is 19.2 Å². The third-order valence-electron chi connectivity index (χ3n) is 3.83. The summed E-state index contributed by atoms with van der Waals surface area (Å²) in [5.41, 5.74) is 1.56. The van der Waals surface area contributed by atoms with Crippen LogP contribution < -0.4 is 5.32 Å². The molecule has 1 N–H and O–H groups in total. The van der Waals surface area contributed by atoms with Gasteiger partial charge in [-0.2, -0.15) is 4.31 Å². The molecule has 25 heavy (non-hydrogen) atoms. The van der Waals surface area contributed by atoms with Gasteiger partial charge in [-0.1, -0.05) is 57.2 Å². The lowest BCUT2D eigenvalue weighted by molar-refractivity contribution is -0.116. The van der Waals surface area contributed by atoms with Crippen LogP contribution in [0.4, 0.5) is 5.69 Å². The maximum Gasteiger partial charge on any atom is 0.243 e. The summed E-state index contributed by atoms with van der Waals surface area (Å²) < 4.78 is 26.0. The molecule has 0 saturated carbocycles. The fourth-order valence-corrected chi connectivity index (χ4v) is 3.64. The van der Waals surface area contributed by atoms with E-state index in [1.807, 2.05) is 24.3 Å². The quantitative estimate of drug-likeness (QED) is 0.890. The summed E-state index contributed by atoms with van der Waals surface area (Å²) in [6.07, 6.45) is 0. The van der Waals surface area contributed by atoms with Crippen molar-refractivity contribution in [3.63, 3.8) is 0 Å². The minimum atomic E-state index is -3.69. The van der Waals surface area contributed by atoms with E-state index >= 15 is 0 Å². The van der Waals surface area contributed by atoms with Crippen molar-refractivity contribution in [1.29, 1.82) is 0 Å². The number of hydrogen-bond donors (Lipinski definition) is 1. The summed E-state index contributed by atoms with van der Waals surface area (Å²) in [7, 11) is -2.29. The van der Waals surface area contributed by atoms with Crippen LogP contribution in [0.25, 0.3) is 0 Å². The van der Waals surface area contributed by atoms with Gasteiger partial charge in [0.1, 0.15) is 0 Å². The van der Waals surface area contributed by atoms with Crippen LogP contribution in [-0.2, 0) is 20.2 Å². The molecule has 2 aromatic rings. The first-order valence-electron chi connectivity index (χ1n) is 8.03. The van der Waals surface area contributed by atoms with Crippen molar-refractivity contribution in [2.75, 3.05) is 18.9 Å². The van der Waals surface area contributed by atoms with Gasteiger partial charge in [-0.15, -0.1) is 0 Å². The van der Waals surface area contributed by atoms with Crippen molar-refractivity contribution < 1.29 is 13.2 Å². The molecule has 0 heterocycles. The minimum absolute atomic E-state index is 0.133. The Hall–Kier alpha value is -2.18. The van der Waals surface area contributed by atoms with Crippen molar-refractivity contribution >= 4 is 21.6 Å². The Morgan fingerprint density at radius 2 is 1.56 bits per heavy atom. The van der Waals surface area contributed by atoms with Gasteiger partial charge in [0.15, 0.2) is 0 Å². The number of anilines is 1. The molecule has 6 heteroatoms. The van der Waals surface area contributed by atoms with Crippen LogP contribution in [0.15, 0.2) is 59.5 Å². The number of hydrogen-bond acceptors (Lipinski definition) is 3. The van der Waals surface area contributed by atoms with Gasteiger partial charge < -0.3 is 5.32 Å². The summed E-state index contributed by atoms with van der Waals surface area (Å²) >= 11 is 0. The van der Waals surface area contributed by atoms with Crippen LogP contribution in [0.5, 0.6) is 0 Å². The van der Waals surface area contributed by atoms with E-state index < -0.39 is 10.0 Å². The van der Waals surface area contributed by atoms with E-state index in [-0.39, 0.29) is 22.8 Å². The Balaban J connectivity index is 2.14. The maximum atomic E-state index is 12.5. The second-order valence-electron chi connectivity index (χ2n) is 6.92. The first-order valence-corrected chi connectivity index (χ1v) is 9.47. The summed E-state index contributed by atoms with van der Waals surface area (Å²) in [5.74, 6) is -0.376. The molecule has 0 saturated heterocycles. The van der Waals surface area contributed by atoms with E-state index in [9.17, 15) is 13.2 Å². The van der Waals surface area contributed by atoms with Gasteiger partial charge in [0.05, 0.1) is 11.4 Å². The van der Waals surface area contributed by atoms with Crippen LogP contribution in [0.1, 0.15) is 26.3 Å². The van der Waals surface area contributed by atoms with Crippen molar-refractivity contribution in [3.8, 4) is 0 Å². The molecule has 0 spiro atoms. The number of likely N-dealkylation sites (N-methyl/N-ethyl adjacent to an activating group) is 1. The molecular formula is C19H24N2O3S. The molecule has 0 fully saturated rings. The molecule has 2 rings (SSSR count). The molecule has 134 valence electrons. The first-order chi connectivity index (χ1) is 11.6. The molecule has 0 radical (unpaired) electrons. The second-order valence-corrected chi connectivity index (χ2v) is 8.96. The molecule has 5 nitrogen and oxygen atoms in total. The van der Waals surface area contributed by atoms with Crippen LogP contribution in [0.3, 0.4) is 0 Å². The lowest BCUT2D eigenvalue weighted by Crippen LogP contribution is -2.35. The molecule has 0 aliphatic heterocycles. The predicted octanol–water partition coefficient (Wildman–Crippen LogP) is 3.24. The van der Waals surface area contributed by atoms with Crippen molar-refractivity contribution in [2.45, 2.75) is 31.1 Å². The minimum Gasteiger partial charge on any atom is -0.325 e. The highest BCUT2D eigenvalue weighted by Gasteiger charge is 2.24. The van der Waals surface area contributed by atoms with E-state index in [0.717, 1.165) is 9.87 Å². The third-order valence-corrected chi connectivity index (χ3v) is 5.64. The van der Waals surface area contributed by atoms with Gasteiger partial charge in [0.25, 0.3) is 0 Å². The maximum absolute atomic E-state index is 12.5. The molecule has 0 bridgehead atoms.